The van der Waals surface area contributed by atoms with Gasteiger partial charge in [-0.05, 0) is 79.4 Å². The first-order chi connectivity index (χ1) is 19.5. The highest BCUT2D eigenvalue weighted by Crippen LogP contribution is 2.26. The molecule has 2 aliphatic rings. The standard InChI is InChI=1S/C30H33N7O3/c1-21-12-15-36(16-13-21)29(38)23-6-10-25(11-7-23)32-30(39)31-24-8-4-22(5-9-24)27-33-28(35-17-19-40-20-18-35)26-3-2-14-37(26)34-27/h2-11,14,21H,12-13,15-20H2,1H3,(H2,31,32,39). The Morgan fingerprint density at radius 1 is 0.875 bits per heavy atom. The first-order valence-corrected chi connectivity index (χ1v) is 13.8. The molecule has 2 aromatic heterocycles. The van der Waals surface area contributed by atoms with Crippen LogP contribution in [0.3, 0.4) is 0 Å². The Morgan fingerprint density at radius 2 is 1.52 bits per heavy atom. The van der Waals surface area contributed by atoms with Crippen molar-refractivity contribution in [2.24, 2.45) is 5.92 Å². The van der Waals surface area contributed by atoms with E-state index in [0.29, 0.717) is 41.9 Å². The van der Waals surface area contributed by atoms with Crippen LogP contribution in [0.4, 0.5) is 22.0 Å². The summed E-state index contributed by atoms with van der Waals surface area (Å²) in [6.07, 6.45) is 4.00. The van der Waals surface area contributed by atoms with Gasteiger partial charge < -0.3 is 25.2 Å². The number of piperidine rings is 1. The van der Waals surface area contributed by atoms with Crippen molar-refractivity contribution >= 4 is 34.6 Å². The number of nitrogens with zero attached hydrogens (tertiary/aromatic N) is 5. The third-order valence-electron chi connectivity index (χ3n) is 7.54. The molecule has 2 aromatic carbocycles. The average Bonchev–Trinajstić information content (AvgIpc) is 3.47. The zero-order chi connectivity index (χ0) is 27.5. The van der Waals surface area contributed by atoms with Gasteiger partial charge in [-0.15, -0.1) is 5.10 Å². The van der Waals surface area contributed by atoms with Gasteiger partial charge in [-0.2, -0.15) is 0 Å². The molecule has 4 heterocycles. The minimum atomic E-state index is -0.364. The van der Waals surface area contributed by atoms with Crippen molar-refractivity contribution in [1.29, 1.82) is 0 Å². The molecule has 206 valence electrons. The van der Waals surface area contributed by atoms with E-state index in [1.165, 1.54) is 0 Å². The van der Waals surface area contributed by atoms with E-state index < -0.39 is 0 Å². The summed E-state index contributed by atoms with van der Waals surface area (Å²) in [5.41, 5.74) is 3.69. The van der Waals surface area contributed by atoms with Crippen molar-refractivity contribution in [2.45, 2.75) is 19.8 Å². The normalized spacial score (nSPS) is 16.2. The molecule has 0 unspecified atom stereocenters. The van der Waals surface area contributed by atoms with Crippen molar-refractivity contribution in [1.82, 2.24) is 19.5 Å². The monoisotopic (exact) mass is 539 g/mol. The molecule has 2 saturated heterocycles. The Bertz CT molecular complexity index is 1490. The van der Waals surface area contributed by atoms with Crippen LogP contribution in [0.5, 0.6) is 0 Å². The first kappa shape index (κ1) is 25.8. The van der Waals surface area contributed by atoms with Gasteiger partial charge in [0.25, 0.3) is 5.91 Å². The highest BCUT2D eigenvalue weighted by Gasteiger charge is 2.21. The largest absolute Gasteiger partial charge is 0.378 e. The summed E-state index contributed by atoms with van der Waals surface area (Å²) in [5, 5.41) is 10.4. The number of nitrogens with one attached hydrogen (secondary N) is 2. The molecule has 10 heteroatoms. The zero-order valence-electron chi connectivity index (χ0n) is 22.5. The van der Waals surface area contributed by atoms with E-state index in [2.05, 4.69) is 27.6 Å². The third kappa shape index (κ3) is 5.62. The Hall–Kier alpha value is -4.44. The molecule has 0 radical (unpaired) electrons. The number of likely N-dealkylation sites (tertiary alicyclic amines) is 1. The fraction of sp³-hybridized carbons (Fsp3) is 0.333. The van der Waals surface area contributed by atoms with Crippen LogP contribution in [-0.4, -0.2) is 70.8 Å². The number of morpholine rings is 1. The van der Waals surface area contributed by atoms with Gasteiger partial charge >= 0.3 is 6.03 Å². The van der Waals surface area contributed by atoms with E-state index in [1.807, 2.05) is 52.0 Å². The van der Waals surface area contributed by atoms with Gasteiger partial charge in [0.05, 0.1) is 13.2 Å². The Labute approximate surface area is 232 Å². The molecule has 0 atom stereocenters. The summed E-state index contributed by atoms with van der Waals surface area (Å²) < 4.78 is 7.35. The lowest BCUT2D eigenvalue weighted by atomic mass is 9.98. The molecule has 10 nitrogen and oxygen atoms in total. The highest BCUT2D eigenvalue weighted by molar-refractivity contribution is 6.00. The molecule has 2 aliphatic heterocycles. The van der Waals surface area contributed by atoms with Crippen molar-refractivity contribution < 1.29 is 14.3 Å². The smallest absolute Gasteiger partial charge is 0.323 e. The Kier molecular flexibility index (Phi) is 7.33. The van der Waals surface area contributed by atoms with Crippen molar-refractivity contribution in [2.75, 3.05) is 54.9 Å². The number of rotatable bonds is 5. The van der Waals surface area contributed by atoms with Gasteiger partial charge in [-0.3, -0.25) is 4.79 Å². The molecule has 2 N–H and O–H groups in total. The minimum absolute atomic E-state index is 0.0416. The summed E-state index contributed by atoms with van der Waals surface area (Å²) in [6.45, 7) is 6.73. The highest BCUT2D eigenvalue weighted by atomic mass is 16.5. The topological polar surface area (TPSA) is 104 Å². The van der Waals surface area contributed by atoms with Crippen LogP contribution in [0.25, 0.3) is 16.9 Å². The molecule has 6 rings (SSSR count). The number of carbonyl (C=O) groups excluding carboxylic acids is 2. The van der Waals surface area contributed by atoms with Gasteiger partial charge in [-0.1, -0.05) is 6.92 Å². The average molecular weight is 540 g/mol. The maximum absolute atomic E-state index is 12.8. The summed E-state index contributed by atoms with van der Waals surface area (Å²) in [5.74, 6) is 2.20. The molecule has 0 bridgehead atoms. The molecule has 2 fully saturated rings. The second kappa shape index (κ2) is 11.4. The predicted molar refractivity (Wildman–Crippen MR) is 155 cm³/mol. The van der Waals surface area contributed by atoms with Crippen LogP contribution in [0.15, 0.2) is 66.9 Å². The van der Waals surface area contributed by atoms with Crippen molar-refractivity contribution in [3.05, 3.63) is 72.4 Å². The first-order valence-electron chi connectivity index (χ1n) is 13.8. The van der Waals surface area contributed by atoms with Crippen LogP contribution in [0.1, 0.15) is 30.1 Å². The zero-order valence-corrected chi connectivity index (χ0v) is 22.5. The molecule has 0 saturated carbocycles. The number of benzene rings is 2. The lowest BCUT2D eigenvalue weighted by Crippen LogP contribution is -2.37. The Balaban J connectivity index is 1.09. The second-order valence-corrected chi connectivity index (χ2v) is 10.4. The number of urea groups is 1. The van der Waals surface area contributed by atoms with E-state index >= 15 is 0 Å². The molecule has 40 heavy (non-hydrogen) atoms. The van der Waals surface area contributed by atoms with E-state index in [0.717, 1.165) is 55.9 Å². The van der Waals surface area contributed by atoms with Gasteiger partial charge in [-0.25, -0.2) is 14.3 Å². The fourth-order valence-electron chi connectivity index (χ4n) is 5.14. The fourth-order valence-corrected chi connectivity index (χ4v) is 5.14. The van der Waals surface area contributed by atoms with Crippen LogP contribution in [-0.2, 0) is 4.74 Å². The molecular formula is C30H33N7O3. The van der Waals surface area contributed by atoms with Crippen LogP contribution in [0.2, 0.25) is 0 Å². The summed E-state index contributed by atoms with van der Waals surface area (Å²) in [6, 6.07) is 18.1. The number of amides is 3. The molecule has 4 aromatic rings. The predicted octanol–water partition coefficient (Wildman–Crippen LogP) is 4.75. The third-order valence-corrected chi connectivity index (χ3v) is 7.54. The van der Waals surface area contributed by atoms with Crippen LogP contribution >= 0.6 is 0 Å². The molecule has 0 spiro atoms. The number of hydrogen-bond acceptors (Lipinski definition) is 6. The van der Waals surface area contributed by atoms with Crippen molar-refractivity contribution in [3.8, 4) is 11.4 Å². The van der Waals surface area contributed by atoms with Gasteiger partial charge in [0.2, 0.25) is 0 Å². The lowest BCUT2D eigenvalue weighted by molar-refractivity contribution is 0.0697. The Morgan fingerprint density at radius 3 is 2.20 bits per heavy atom. The van der Waals surface area contributed by atoms with Crippen LogP contribution in [0, 0.1) is 5.92 Å². The number of anilines is 3. The summed E-state index contributed by atoms with van der Waals surface area (Å²) >= 11 is 0. The second-order valence-electron chi connectivity index (χ2n) is 10.4. The van der Waals surface area contributed by atoms with Gasteiger partial charge in [0, 0.05) is 54.9 Å². The van der Waals surface area contributed by atoms with Crippen molar-refractivity contribution in [3.63, 3.8) is 0 Å². The van der Waals surface area contributed by atoms with E-state index in [4.69, 9.17) is 9.72 Å². The molecule has 3 amide bonds. The number of aromatic nitrogens is 3. The quantitative estimate of drug-likeness (QED) is 0.379. The number of hydrogen-bond donors (Lipinski definition) is 2. The van der Waals surface area contributed by atoms with E-state index in [9.17, 15) is 9.59 Å². The van der Waals surface area contributed by atoms with Gasteiger partial charge in [0.1, 0.15) is 5.52 Å². The number of ether oxygens (including phenoxy) is 1. The van der Waals surface area contributed by atoms with E-state index in [-0.39, 0.29) is 11.9 Å². The molecular weight excluding hydrogens is 506 g/mol. The molecule has 0 aliphatic carbocycles. The van der Waals surface area contributed by atoms with E-state index in [1.54, 1.807) is 24.3 Å². The SMILES string of the molecule is CC1CCN(C(=O)c2ccc(NC(=O)Nc3ccc(-c4nc(N5CCOCC5)c5cccn5n4)cc3)cc2)CC1. The summed E-state index contributed by atoms with van der Waals surface area (Å²) in [7, 11) is 0. The van der Waals surface area contributed by atoms with Gasteiger partial charge in [0.15, 0.2) is 11.6 Å². The number of fused-ring (bicyclic) bond motifs is 1. The van der Waals surface area contributed by atoms with Crippen LogP contribution < -0.4 is 15.5 Å². The summed E-state index contributed by atoms with van der Waals surface area (Å²) in [4.78, 5) is 34.4. The lowest BCUT2D eigenvalue weighted by Gasteiger charge is -2.30. The maximum Gasteiger partial charge on any atom is 0.323 e. The minimum Gasteiger partial charge on any atom is -0.378 e. The maximum atomic E-state index is 12.8. The number of carbonyl (C=O) groups is 2.